The van der Waals surface area contributed by atoms with E-state index >= 15 is 0 Å². The van der Waals surface area contributed by atoms with E-state index in [0.717, 1.165) is 24.1 Å². The molecule has 0 saturated carbocycles. The molecule has 1 atom stereocenters. The normalized spacial score (nSPS) is 12.2. The molecule has 0 radical (unpaired) electrons. The number of hydrogen-bond acceptors (Lipinski definition) is 3. The van der Waals surface area contributed by atoms with Crippen molar-refractivity contribution in [3.05, 3.63) is 28.8 Å². The Morgan fingerprint density at radius 2 is 2.24 bits per heavy atom. The smallest absolute Gasteiger partial charge is 0.152 e. The monoisotopic (exact) mass is 271 g/mol. The van der Waals surface area contributed by atoms with Crippen LogP contribution in [0.5, 0.6) is 0 Å². The Labute approximate surface area is 112 Å². The van der Waals surface area contributed by atoms with Gasteiger partial charge in [0, 0.05) is 29.4 Å². The van der Waals surface area contributed by atoms with Crippen LogP contribution in [0, 0.1) is 0 Å². The summed E-state index contributed by atoms with van der Waals surface area (Å²) in [5, 5.41) is 0.598. The number of nitrogens with zero attached hydrogens (tertiary/aromatic N) is 1. The van der Waals surface area contributed by atoms with Gasteiger partial charge in [0.15, 0.2) is 6.29 Å². The van der Waals surface area contributed by atoms with Crippen LogP contribution in [-0.4, -0.2) is 31.4 Å². The minimum atomic E-state index is 0.405. The summed E-state index contributed by atoms with van der Waals surface area (Å²) in [7, 11) is 2.02. The lowest BCUT2D eigenvalue weighted by Crippen LogP contribution is -2.30. The molecular weight excluding hydrogens is 254 g/mol. The van der Waals surface area contributed by atoms with E-state index in [1.165, 1.54) is 0 Å². The molecule has 0 aliphatic carbocycles. The zero-order chi connectivity index (χ0) is 12.8. The summed E-state index contributed by atoms with van der Waals surface area (Å²) in [5.74, 6) is 1.12. The van der Waals surface area contributed by atoms with Crippen molar-refractivity contribution in [1.29, 1.82) is 0 Å². The summed E-state index contributed by atoms with van der Waals surface area (Å²) >= 11 is 7.72. The lowest BCUT2D eigenvalue weighted by atomic mass is 10.1. The van der Waals surface area contributed by atoms with Gasteiger partial charge < -0.3 is 4.90 Å². The molecule has 0 aliphatic rings. The third kappa shape index (κ3) is 3.93. The minimum absolute atomic E-state index is 0.405. The van der Waals surface area contributed by atoms with E-state index in [4.69, 9.17) is 11.6 Å². The van der Waals surface area contributed by atoms with Crippen LogP contribution in [-0.2, 0) is 0 Å². The zero-order valence-electron chi connectivity index (χ0n) is 10.4. The highest BCUT2D eigenvalue weighted by Crippen LogP contribution is 2.24. The van der Waals surface area contributed by atoms with Crippen LogP contribution in [0.15, 0.2) is 18.2 Å². The topological polar surface area (TPSA) is 20.3 Å². The Hall–Kier alpha value is -0.670. The lowest BCUT2D eigenvalue weighted by Gasteiger charge is -2.28. The first-order valence-electron chi connectivity index (χ1n) is 5.56. The Balaban J connectivity index is 2.87. The molecule has 94 valence electrons. The van der Waals surface area contributed by atoms with Crippen molar-refractivity contribution in [3.63, 3.8) is 0 Å². The number of rotatable bonds is 6. The highest BCUT2D eigenvalue weighted by atomic mass is 35.5. The fourth-order valence-electron chi connectivity index (χ4n) is 1.66. The molecule has 1 unspecified atom stereocenters. The van der Waals surface area contributed by atoms with Gasteiger partial charge in [0.25, 0.3) is 0 Å². The van der Waals surface area contributed by atoms with E-state index in [1.807, 2.05) is 30.9 Å². The summed E-state index contributed by atoms with van der Waals surface area (Å²) in [6.07, 6.45) is 4.06. The minimum Gasteiger partial charge on any atom is -0.371 e. The first-order chi connectivity index (χ1) is 8.10. The largest absolute Gasteiger partial charge is 0.371 e. The van der Waals surface area contributed by atoms with Crippen LogP contribution in [0.25, 0.3) is 0 Å². The van der Waals surface area contributed by atoms with Gasteiger partial charge in [-0.3, -0.25) is 4.79 Å². The number of thioether (sulfide) groups is 1. The fourth-order valence-corrected chi connectivity index (χ4v) is 2.42. The van der Waals surface area contributed by atoms with Gasteiger partial charge in [-0.25, -0.2) is 0 Å². The molecule has 1 rings (SSSR count). The molecular formula is C13H18ClNOS. The van der Waals surface area contributed by atoms with Crippen molar-refractivity contribution in [3.8, 4) is 0 Å². The van der Waals surface area contributed by atoms with Gasteiger partial charge in [0.1, 0.15) is 0 Å². The van der Waals surface area contributed by atoms with E-state index in [0.29, 0.717) is 16.6 Å². The average Bonchev–Trinajstić information content (AvgIpc) is 2.34. The molecule has 0 aliphatic heterocycles. The lowest BCUT2D eigenvalue weighted by molar-refractivity contribution is 0.112. The maximum atomic E-state index is 11.0. The maximum Gasteiger partial charge on any atom is 0.152 e. The first kappa shape index (κ1) is 14.4. The molecule has 0 aromatic heterocycles. The third-order valence-corrected chi connectivity index (χ3v) is 3.78. The Kier molecular flexibility index (Phi) is 5.86. The van der Waals surface area contributed by atoms with E-state index in [2.05, 4.69) is 18.1 Å². The fraction of sp³-hybridized carbons (Fsp3) is 0.462. The summed E-state index contributed by atoms with van der Waals surface area (Å²) in [4.78, 5) is 13.2. The van der Waals surface area contributed by atoms with Gasteiger partial charge in [0.05, 0.1) is 0 Å². The third-order valence-electron chi connectivity index (χ3n) is 2.90. The van der Waals surface area contributed by atoms with E-state index in [1.54, 1.807) is 6.07 Å². The quantitative estimate of drug-likeness (QED) is 0.736. The Morgan fingerprint density at radius 1 is 1.53 bits per heavy atom. The molecule has 0 fully saturated rings. The van der Waals surface area contributed by atoms with E-state index < -0.39 is 0 Å². The van der Waals surface area contributed by atoms with Crippen LogP contribution in [0.4, 0.5) is 5.69 Å². The average molecular weight is 272 g/mol. The summed E-state index contributed by atoms with van der Waals surface area (Å²) in [6.45, 7) is 2.17. The molecule has 0 bridgehead atoms. The zero-order valence-corrected chi connectivity index (χ0v) is 12.0. The molecule has 0 spiro atoms. The maximum absolute atomic E-state index is 11.0. The van der Waals surface area contributed by atoms with Crippen molar-refractivity contribution in [2.45, 2.75) is 19.4 Å². The molecule has 1 aromatic rings. The van der Waals surface area contributed by atoms with Crippen molar-refractivity contribution >= 4 is 35.3 Å². The predicted octanol–water partition coefficient (Wildman–Crippen LogP) is 3.73. The van der Waals surface area contributed by atoms with Gasteiger partial charge in [-0.2, -0.15) is 11.8 Å². The predicted molar refractivity (Wildman–Crippen MR) is 77.7 cm³/mol. The highest BCUT2D eigenvalue weighted by molar-refractivity contribution is 7.98. The van der Waals surface area contributed by atoms with Gasteiger partial charge in [-0.15, -0.1) is 0 Å². The SMILES string of the molecule is CSCCC(C)N(C)c1ccc(Cl)cc1C=O. The van der Waals surface area contributed by atoms with Crippen molar-refractivity contribution in [1.82, 2.24) is 0 Å². The van der Waals surface area contributed by atoms with E-state index in [9.17, 15) is 4.79 Å². The second-order valence-electron chi connectivity index (χ2n) is 4.06. The van der Waals surface area contributed by atoms with Gasteiger partial charge in [-0.05, 0) is 43.6 Å². The van der Waals surface area contributed by atoms with Gasteiger partial charge in [0.2, 0.25) is 0 Å². The summed E-state index contributed by atoms with van der Waals surface area (Å²) in [5.41, 5.74) is 1.59. The van der Waals surface area contributed by atoms with Crippen LogP contribution in [0.1, 0.15) is 23.7 Å². The second kappa shape index (κ2) is 6.92. The molecule has 17 heavy (non-hydrogen) atoms. The summed E-state index contributed by atoms with van der Waals surface area (Å²) in [6, 6.07) is 5.84. The first-order valence-corrected chi connectivity index (χ1v) is 7.33. The Bertz CT molecular complexity index is 384. The summed E-state index contributed by atoms with van der Waals surface area (Å²) < 4.78 is 0. The number of carbonyl (C=O) groups is 1. The molecule has 0 saturated heterocycles. The highest BCUT2D eigenvalue weighted by Gasteiger charge is 2.13. The van der Waals surface area contributed by atoms with Gasteiger partial charge >= 0.3 is 0 Å². The Morgan fingerprint density at radius 3 is 2.82 bits per heavy atom. The van der Waals surface area contributed by atoms with Crippen molar-refractivity contribution in [2.75, 3.05) is 24.0 Å². The second-order valence-corrected chi connectivity index (χ2v) is 5.48. The van der Waals surface area contributed by atoms with Gasteiger partial charge in [-0.1, -0.05) is 11.6 Å². The van der Waals surface area contributed by atoms with Crippen LogP contribution < -0.4 is 4.90 Å². The van der Waals surface area contributed by atoms with Crippen LogP contribution >= 0.6 is 23.4 Å². The number of anilines is 1. The molecule has 0 heterocycles. The standard InChI is InChI=1S/C13H18ClNOS/c1-10(6-7-17-3)15(2)13-5-4-12(14)8-11(13)9-16/h4-5,8-10H,6-7H2,1-3H3. The number of hydrogen-bond donors (Lipinski definition) is 0. The number of carbonyl (C=O) groups excluding carboxylic acids is 1. The number of halogens is 1. The van der Waals surface area contributed by atoms with Crippen LogP contribution in [0.3, 0.4) is 0 Å². The molecule has 1 aromatic carbocycles. The number of aldehydes is 1. The van der Waals surface area contributed by atoms with Crippen molar-refractivity contribution in [2.24, 2.45) is 0 Å². The molecule has 2 nitrogen and oxygen atoms in total. The van der Waals surface area contributed by atoms with Crippen LogP contribution in [0.2, 0.25) is 5.02 Å². The van der Waals surface area contributed by atoms with E-state index in [-0.39, 0.29) is 0 Å². The molecule has 4 heteroatoms. The molecule has 0 N–H and O–H groups in total. The number of benzene rings is 1. The van der Waals surface area contributed by atoms with Crippen molar-refractivity contribution < 1.29 is 4.79 Å². The molecule has 0 amide bonds.